The van der Waals surface area contributed by atoms with Crippen molar-refractivity contribution >= 4 is 11.6 Å². The van der Waals surface area contributed by atoms with Gasteiger partial charge < -0.3 is 4.90 Å². The van der Waals surface area contributed by atoms with E-state index in [1.54, 1.807) is 18.3 Å². The Balaban J connectivity index is 1.39. The van der Waals surface area contributed by atoms with Crippen molar-refractivity contribution in [2.75, 3.05) is 13.1 Å². The quantitative estimate of drug-likeness (QED) is 0.596. The van der Waals surface area contributed by atoms with Crippen molar-refractivity contribution in [2.24, 2.45) is 0 Å². The average Bonchev–Trinajstić information content (AvgIpc) is 3.43. The van der Waals surface area contributed by atoms with Crippen LogP contribution in [-0.4, -0.2) is 54.1 Å². The molecule has 1 aliphatic heterocycles. The van der Waals surface area contributed by atoms with E-state index in [4.69, 9.17) is 0 Å². The Morgan fingerprint density at radius 2 is 2.04 bits per heavy atom. The molecule has 0 spiro atoms. The maximum absolute atomic E-state index is 13.1. The molecule has 1 saturated heterocycles. The molecule has 1 atom stereocenters. The molecule has 8 heteroatoms. The van der Waals surface area contributed by atoms with E-state index in [0.29, 0.717) is 17.8 Å². The molecule has 1 aromatic carbocycles. The van der Waals surface area contributed by atoms with E-state index < -0.39 is 0 Å². The highest BCUT2D eigenvalue weighted by atomic mass is 16.2. The second-order valence-electron chi connectivity index (χ2n) is 7.05. The number of aromatic amines is 1. The Labute approximate surface area is 161 Å². The largest absolute Gasteiger partial charge is 0.338 e. The van der Waals surface area contributed by atoms with Crippen molar-refractivity contribution in [1.29, 1.82) is 0 Å². The predicted octanol–water partition coefficient (Wildman–Crippen LogP) is 2.53. The molecule has 5 rings (SSSR count). The van der Waals surface area contributed by atoms with Crippen LogP contribution in [-0.2, 0) is 0 Å². The third-order valence-corrected chi connectivity index (χ3v) is 5.31. The van der Waals surface area contributed by atoms with Crippen LogP contribution >= 0.6 is 0 Å². The van der Waals surface area contributed by atoms with Gasteiger partial charge in [0, 0.05) is 36.5 Å². The van der Waals surface area contributed by atoms with Gasteiger partial charge in [-0.3, -0.25) is 9.89 Å². The van der Waals surface area contributed by atoms with Gasteiger partial charge in [0.05, 0.1) is 11.8 Å². The predicted molar refractivity (Wildman–Crippen MR) is 103 cm³/mol. The number of nitrogens with one attached hydrogen (secondary N) is 1. The fourth-order valence-corrected chi connectivity index (χ4v) is 3.90. The molecule has 1 aliphatic rings. The molecule has 0 aliphatic carbocycles. The molecule has 4 heterocycles. The van der Waals surface area contributed by atoms with E-state index >= 15 is 0 Å². The Morgan fingerprint density at radius 1 is 1.14 bits per heavy atom. The molecule has 0 saturated carbocycles. The fraction of sp³-hybridized carbons (Fsp3) is 0.250. The second-order valence-corrected chi connectivity index (χ2v) is 7.05. The Kier molecular flexibility index (Phi) is 4.08. The number of carbonyl (C=O) groups is 1. The minimum atomic E-state index is 0.00266. The van der Waals surface area contributed by atoms with E-state index in [9.17, 15) is 4.79 Å². The number of fused-ring (bicyclic) bond motifs is 1. The lowest BCUT2D eigenvalue weighted by molar-refractivity contribution is 0.0705. The van der Waals surface area contributed by atoms with Gasteiger partial charge in [-0.2, -0.15) is 9.61 Å². The van der Waals surface area contributed by atoms with Gasteiger partial charge in [-0.25, -0.2) is 0 Å². The van der Waals surface area contributed by atoms with Gasteiger partial charge in [-0.05, 0) is 41.0 Å². The van der Waals surface area contributed by atoms with Gasteiger partial charge in [0.1, 0.15) is 0 Å². The first-order valence-electron chi connectivity index (χ1n) is 9.35. The van der Waals surface area contributed by atoms with Crippen LogP contribution in [0.25, 0.3) is 16.8 Å². The first-order valence-corrected chi connectivity index (χ1v) is 9.35. The number of pyridine rings is 1. The molecule has 8 nitrogen and oxygen atoms in total. The minimum Gasteiger partial charge on any atom is -0.338 e. The molecular formula is C20H19N7O. The van der Waals surface area contributed by atoms with Crippen LogP contribution in [0.3, 0.4) is 0 Å². The molecule has 4 aromatic rings. The SMILES string of the molecule is O=C(c1ccc2nnnn2c1)N1CCC[C@@H](c2[nH]ncc2-c2ccccc2)C1. The Hall–Kier alpha value is -3.55. The molecule has 3 aromatic heterocycles. The summed E-state index contributed by atoms with van der Waals surface area (Å²) in [5, 5.41) is 18.8. The van der Waals surface area contributed by atoms with Crippen LogP contribution in [0.1, 0.15) is 34.8 Å². The smallest absolute Gasteiger partial charge is 0.255 e. The maximum atomic E-state index is 13.1. The lowest BCUT2D eigenvalue weighted by atomic mass is 9.90. The van der Waals surface area contributed by atoms with Crippen LogP contribution in [0.2, 0.25) is 0 Å². The summed E-state index contributed by atoms with van der Waals surface area (Å²) in [4.78, 5) is 15.0. The van der Waals surface area contributed by atoms with Crippen LogP contribution in [0, 0.1) is 0 Å². The van der Waals surface area contributed by atoms with Crippen molar-refractivity contribution in [1.82, 2.24) is 35.1 Å². The van der Waals surface area contributed by atoms with Gasteiger partial charge in [-0.1, -0.05) is 30.3 Å². The van der Waals surface area contributed by atoms with Gasteiger partial charge >= 0.3 is 0 Å². The van der Waals surface area contributed by atoms with Crippen LogP contribution < -0.4 is 0 Å². The third kappa shape index (κ3) is 2.92. The maximum Gasteiger partial charge on any atom is 0.255 e. The van der Waals surface area contributed by atoms with Crippen molar-refractivity contribution in [3.8, 4) is 11.1 Å². The first kappa shape index (κ1) is 16.6. The normalized spacial score (nSPS) is 17.1. The zero-order chi connectivity index (χ0) is 18.9. The zero-order valence-electron chi connectivity index (χ0n) is 15.2. The molecule has 1 N–H and O–H groups in total. The summed E-state index contributed by atoms with van der Waals surface area (Å²) >= 11 is 0. The van der Waals surface area contributed by atoms with Crippen LogP contribution in [0.15, 0.2) is 54.9 Å². The molecule has 140 valence electrons. The van der Waals surface area contributed by atoms with Gasteiger partial charge in [-0.15, -0.1) is 5.10 Å². The number of nitrogens with zero attached hydrogens (tertiary/aromatic N) is 6. The van der Waals surface area contributed by atoms with E-state index in [2.05, 4.69) is 37.9 Å². The standard InChI is InChI=1S/C20H19N7O/c28-20(16-8-9-18-22-24-25-27(18)13-16)26-10-4-7-15(12-26)19-17(11-21-23-19)14-5-2-1-3-6-14/h1-3,5-6,8-9,11,13,15H,4,7,10,12H2,(H,21,23)/t15-/m1/s1. The second kappa shape index (κ2) is 6.88. The Bertz CT molecular complexity index is 1120. The first-order chi connectivity index (χ1) is 13.8. The lowest BCUT2D eigenvalue weighted by Crippen LogP contribution is -2.39. The molecule has 28 heavy (non-hydrogen) atoms. The van der Waals surface area contributed by atoms with Crippen molar-refractivity contribution < 1.29 is 4.79 Å². The molecule has 1 amide bonds. The number of piperidine rings is 1. The number of benzene rings is 1. The van der Waals surface area contributed by atoms with Crippen molar-refractivity contribution in [3.63, 3.8) is 0 Å². The minimum absolute atomic E-state index is 0.00266. The molecule has 1 fully saturated rings. The molecule has 0 unspecified atom stereocenters. The molecule has 0 radical (unpaired) electrons. The van der Waals surface area contributed by atoms with E-state index in [0.717, 1.165) is 36.2 Å². The average molecular weight is 373 g/mol. The number of aromatic nitrogens is 6. The topological polar surface area (TPSA) is 92.1 Å². The summed E-state index contributed by atoms with van der Waals surface area (Å²) in [7, 11) is 0. The summed E-state index contributed by atoms with van der Waals surface area (Å²) in [6, 6.07) is 13.8. The van der Waals surface area contributed by atoms with E-state index in [1.165, 1.54) is 4.52 Å². The number of carbonyl (C=O) groups excluding carboxylic acids is 1. The van der Waals surface area contributed by atoms with Crippen molar-refractivity contribution in [3.05, 3.63) is 66.1 Å². The Morgan fingerprint density at radius 3 is 2.93 bits per heavy atom. The number of tetrazole rings is 1. The summed E-state index contributed by atoms with van der Waals surface area (Å²) in [5.74, 6) is 0.232. The number of likely N-dealkylation sites (tertiary alicyclic amines) is 1. The van der Waals surface area contributed by atoms with E-state index in [-0.39, 0.29) is 11.8 Å². The number of rotatable bonds is 3. The van der Waals surface area contributed by atoms with Gasteiger partial charge in [0.15, 0.2) is 5.65 Å². The van der Waals surface area contributed by atoms with E-state index in [1.807, 2.05) is 29.3 Å². The number of amides is 1. The van der Waals surface area contributed by atoms with Crippen molar-refractivity contribution in [2.45, 2.75) is 18.8 Å². The lowest BCUT2D eigenvalue weighted by Gasteiger charge is -2.32. The summed E-state index contributed by atoms with van der Waals surface area (Å²) in [6.07, 6.45) is 5.54. The molecular weight excluding hydrogens is 354 g/mol. The number of hydrogen-bond acceptors (Lipinski definition) is 5. The number of H-pyrrole nitrogens is 1. The highest BCUT2D eigenvalue weighted by molar-refractivity contribution is 5.94. The zero-order valence-corrected chi connectivity index (χ0v) is 15.2. The fourth-order valence-electron chi connectivity index (χ4n) is 3.90. The summed E-state index contributed by atoms with van der Waals surface area (Å²) in [5.41, 5.74) is 4.56. The number of hydrogen-bond donors (Lipinski definition) is 1. The monoisotopic (exact) mass is 373 g/mol. The summed E-state index contributed by atoms with van der Waals surface area (Å²) < 4.78 is 1.52. The highest BCUT2D eigenvalue weighted by Gasteiger charge is 2.28. The molecule has 0 bridgehead atoms. The summed E-state index contributed by atoms with van der Waals surface area (Å²) in [6.45, 7) is 1.41. The van der Waals surface area contributed by atoms with Gasteiger partial charge in [0.25, 0.3) is 5.91 Å². The van der Waals surface area contributed by atoms with Gasteiger partial charge in [0.2, 0.25) is 0 Å². The highest BCUT2D eigenvalue weighted by Crippen LogP contribution is 2.33. The third-order valence-electron chi connectivity index (χ3n) is 5.31. The van der Waals surface area contributed by atoms with Crippen LogP contribution in [0.5, 0.6) is 0 Å². The van der Waals surface area contributed by atoms with Crippen LogP contribution in [0.4, 0.5) is 0 Å².